The van der Waals surface area contributed by atoms with Crippen molar-refractivity contribution in [3.8, 4) is 11.5 Å². The van der Waals surface area contributed by atoms with Gasteiger partial charge in [0, 0.05) is 11.8 Å². The zero-order valence-electron chi connectivity index (χ0n) is 17.8. The van der Waals surface area contributed by atoms with Crippen molar-refractivity contribution in [2.45, 2.75) is 11.1 Å². The maximum atomic E-state index is 12.0. The molecule has 34 heavy (non-hydrogen) atoms. The van der Waals surface area contributed by atoms with E-state index in [1.807, 2.05) is 0 Å². The molecule has 0 spiro atoms. The molecule has 184 valence electrons. The molecule has 0 aliphatic rings. The first-order valence-corrected chi connectivity index (χ1v) is 10.9. The summed E-state index contributed by atoms with van der Waals surface area (Å²) in [5.41, 5.74) is 1.08. The van der Waals surface area contributed by atoms with Gasteiger partial charge in [-0.3, -0.25) is 0 Å². The van der Waals surface area contributed by atoms with Crippen LogP contribution in [-0.2, 0) is 14.8 Å². The van der Waals surface area contributed by atoms with E-state index in [9.17, 15) is 21.6 Å². The Morgan fingerprint density at radius 1 is 1.15 bits per heavy atom. The molecule has 0 radical (unpaired) electrons. The lowest BCUT2D eigenvalue weighted by Crippen LogP contribution is -2.21. The quantitative estimate of drug-likeness (QED) is 0.443. The second-order valence-corrected chi connectivity index (χ2v) is 8.47. The lowest BCUT2D eigenvalue weighted by Gasteiger charge is -2.14. The number of aromatic nitrogens is 2. The molecule has 1 aromatic heterocycles. The van der Waals surface area contributed by atoms with Crippen LogP contribution in [0.1, 0.15) is 0 Å². The third kappa shape index (κ3) is 6.15. The molecular weight excluding hydrogens is 505 g/mol. The molecule has 0 amide bonds. The third-order valence-corrected chi connectivity index (χ3v) is 5.90. The minimum Gasteiger partial charge on any atom is -0.493 e. The number of carbonyl (C=O) groups is 1. The van der Waals surface area contributed by atoms with Crippen LogP contribution in [-0.4, -0.2) is 56.9 Å². The van der Waals surface area contributed by atoms with Crippen LogP contribution in [0.25, 0.3) is 10.9 Å². The van der Waals surface area contributed by atoms with Crippen molar-refractivity contribution >= 4 is 50.0 Å². The van der Waals surface area contributed by atoms with Gasteiger partial charge >= 0.3 is 12.1 Å². The standard InChI is InChI=1S/C17H17ClN4O4S.C2HF3O2/c1-19-27(23,24)11-6-4-5-10(7-11)22-17-14-12(20-9-21-17)8-13(25-2)16(26-3)15(14)18;3-2(4,5)1(6)7/h4-9,19H,1-3H3,(H,20,21,22);(H,6,7). The number of carboxylic acid groups (broad SMARTS) is 1. The minimum absolute atomic E-state index is 0.124. The Morgan fingerprint density at radius 3 is 2.32 bits per heavy atom. The van der Waals surface area contributed by atoms with Gasteiger partial charge in [0.15, 0.2) is 11.5 Å². The van der Waals surface area contributed by atoms with Crippen molar-refractivity contribution in [3.63, 3.8) is 0 Å². The maximum Gasteiger partial charge on any atom is 0.490 e. The van der Waals surface area contributed by atoms with Crippen LogP contribution >= 0.6 is 11.6 Å². The highest BCUT2D eigenvalue weighted by Gasteiger charge is 2.38. The molecule has 0 aliphatic heterocycles. The predicted octanol–water partition coefficient (Wildman–Crippen LogP) is 3.59. The highest BCUT2D eigenvalue weighted by Crippen LogP contribution is 2.42. The van der Waals surface area contributed by atoms with Crippen LogP contribution in [0, 0.1) is 0 Å². The van der Waals surface area contributed by atoms with E-state index in [0.29, 0.717) is 33.9 Å². The number of nitrogens with one attached hydrogen (secondary N) is 2. The van der Waals surface area contributed by atoms with E-state index in [2.05, 4.69) is 20.0 Å². The highest BCUT2D eigenvalue weighted by molar-refractivity contribution is 7.89. The molecule has 0 aliphatic carbocycles. The first-order valence-electron chi connectivity index (χ1n) is 9.01. The number of rotatable bonds is 6. The molecule has 0 atom stereocenters. The molecule has 3 N–H and O–H groups in total. The average molecular weight is 523 g/mol. The number of aliphatic carboxylic acids is 1. The first-order chi connectivity index (χ1) is 15.8. The molecule has 0 unspecified atom stereocenters. The van der Waals surface area contributed by atoms with Gasteiger partial charge in [0.05, 0.1) is 35.0 Å². The number of nitrogens with zero attached hydrogens (tertiary/aromatic N) is 2. The topological polar surface area (TPSA) is 140 Å². The molecule has 2 aromatic carbocycles. The van der Waals surface area contributed by atoms with Crippen molar-refractivity contribution < 1.29 is 41.0 Å². The van der Waals surface area contributed by atoms with Crippen LogP contribution in [0.3, 0.4) is 0 Å². The van der Waals surface area contributed by atoms with Crippen molar-refractivity contribution in [2.24, 2.45) is 0 Å². The Balaban J connectivity index is 0.000000509. The molecular formula is C19H18ClF3N4O6S. The molecule has 15 heteroatoms. The van der Waals surface area contributed by atoms with Crippen LogP contribution in [0.5, 0.6) is 11.5 Å². The number of benzene rings is 2. The van der Waals surface area contributed by atoms with E-state index in [0.717, 1.165) is 0 Å². The van der Waals surface area contributed by atoms with E-state index < -0.39 is 22.2 Å². The predicted molar refractivity (Wildman–Crippen MR) is 117 cm³/mol. The number of hydrogen-bond donors (Lipinski definition) is 3. The van der Waals surface area contributed by atoms with Crippen molar-refractivity contribution in [1.29, 1.82) is 0 Å². The Bertz CT molecular complexity index is 1310. The highest BCUT2D eigenvalue weighted by atomic mass is 35.5. The van der Waals surface area contributed by atoms with Gasteiger partial charge in [-0.2, -0.15) is 13.2 Å². The SMILES string of the molecule is CNS(=O)(=O)c1cccc(Nc2ncnc3cc(OC)c(OC)c(Cl)c23)c1.O=C(O)C(F)(F)F. The summed E-state index contributed by atoms with van der Waals surface area (Å²) in [6.07, 6.45) is -3.71. The van der Waals surface area contributed by atoms with Gasteiger partial charge in [0.2, 0.25) is 10.0 Å². The van der Waals surface area contributed by atoms with E-state index in [1.54, 1.807) is 18.2 Å². The van der Waals surface area contributed by atoms with Crippen LogP contribution in [0.2, 0.25) is 5.02 Å². The molecule has 3 rings (SSSR count). The number of hydrogen-bond acceptors (Lipinski definition) is 8. The van der Waals surface area contributed by atoms with Gasteiger partial charge in [-0.25, -0.2) is 27.9 Å². The van der Waals surface area contributed by atoms with Crippen molar-refractivity contribution in [1.82, 2.24) is 14.7 Å². The van der Waals surface area contributed by atoms with Crippen LogP contribution in [0.4, 0.5) is 24.7 Å². The van der Waals surface area contributed by atoms with Crippen LogP contribution < -0.4 is 19.5 Å². The summed E-state index contributed by atoms with van der Waals surface area (Å²) in [6.45, 7) is 0. The Hall–Kier alpha value is -3.36. The lowest BCUT2D eigenvalue weighted by atomic mass is 10.2. The van der Waals surface area contributed by atoms with E-state index >= 15 is 0 Å². The summed E-state index contributed by atoms with van der Waals surface area (Å²) < 4.78 is 68.7. The monoisotopic (exact) mass is 522 g/mol. The fourth-order valence-electron chi connectivity index (χ4n) is 2.57. The number of fused-ring (bicyclic) bond motifs is 1. The Labute approximate surface area is 196 Å². The molecule has 3 aromatic rings. The normalized spacial score (nSPS) is 11.4. The lowest BCUT2D eigenvalue weighted by molar-refractivity contribution is -0.192. The smallest absolute Gasteiger partial charge is 0.490 e. The molecule has 0 saturated carbocycles. The second-order valence-electron chi connectivity index (χ2n) is 6.21. The summed E-state index contributed by atoms with van der Waals surface area (Å²) in [5, 5.41) is 11.0. The average Bonchev–Trinajstić information content (AvgIpc) is 2.78. The summed E-state index contributed by atoms with van der Waals surface area (Å²) in [6, 6.07) is 8.03. The van der Waals surface area contributed by atoms with E-state index in [1.165, 1.54) is 39.7 Å². The van der Waals surface area contributed by atoms with Gasteiger partial charge in [0.1, 0.15) is 12.1 Å². The fourth-order valence-corrected chi connectivity index (χ4v) is 3.70. The van der Waals surface area contributed by atoms with E-state index in [-0.39, 0.29) is 9.92 Å². The van der Waals surface area contributed by atoms with Gasteiger partial charge in [-0.1, -0.05) is 17.7 Å². The molecule has 0 fully saturated rings. The summed E-state index contributed by atoms with van der Waals surface area (Å²) in [5.74, 6) is -1.55. The van der Waals surface area contributed by atoms with Gasteiger partial charge < -0.3 is 19.9 Å². The van der Waals surface area contributed by atoms with Crippen molar-refractivity contribution in [2.75, 3.05) is 26.6 Å². The van der Waals surface area contributed by atoms with Crippen molar-refractivity contribution in [3.05, 3.63) is 41.7 Å². The summed E-state index contributed by atoms with van der Waals surface area (Å²) in [7, 11) is 0.778. The number of anilines is 2. The number of sulfonamides is 1. The second kappa shape index (κ2) is 10.7. The largest absolute Gasteiger partial charge is 0.493 e. The number of carboxylic acids is 1. The van der Waals surface area contributed by atoms with Crippen LogP contribution in [0.15, 0.2) is 41.6 Å². The molecule has 10 nitrogen and oxygen atoms in total. The zero-order valence-corrected chi connectivity index (χ0v) is 19.3. The molecule has 0 saturated heterocycles. The fraction of sp³-hybridized carbons (Fsp3) is 0.211. The maximum absolute atomic E-state index is 12.0. The third-order valence-electron chi connectivity index (χ3n) is 4.13. The van der Waals surface area contributed by atoms with Gasteiger partial charge in [0.25, 0.3) is 0 Å². The number of ether oxygens (including phenoxy) is 2. The van der Waals surface area contributed by atoms with E-state index in [4.69, 9.17) is 31.0 Å². The Morgan fingerprint density at radius 2 is 1.79 bits per heavy atom. The molecule has 1 heterocycles. The number of alkyl halides is 3. The minimum atomic E-state index is -5.08. The Kier molecular flexibility index (Phi) is 8.47. The van der Waals surface area contributed by atoms with Gasteiger partial charge in [-0.15, -0.1) is 0 Å². The zero-order chi connectivity index (χ0) is 25.7. The number of halogens is 4. The molecule has 0 bridgehead atoms. The number of methoxy groups -OCH3 is 2. The summed E-state index contributed by atoms with van der Waals surface area (Å²) >= 11 is 6.49. The van der Waals surface area contributed by atoms with Gasteiger partial charge in [-0.05, 0) is 25.2 Å². The first kappa shape index (κ1) is 26.9. The summed E-state index contributed by atoms with van der Waals surface area (Å²) in [4.78, 5) is 17.5.